The molecule has 1 aliphatic rings. The summed E-state index contributed by atoms with van der Waals surface area (Å²) in [6.07, 6.45) is 3.75. The van der Waals surface area contributed by atoms with Crippen LogP contribution in [0.25, 0.3) is 0 Å². The molecule has 1 aliphatic heterocycles. The number of aryl methyl sites for hydroxylation is 1. The van der Waals surface area contributed by atoms with Gasteiger partial charge in [-0.1, -0.05) is 41.6 Å². The lowest BCUT2D eigenvalue weighted by Crippen LogP contribution is -2.25. The van der Waals surface area contributed by atoms with Crippen LogP contribution in [0, 0.1) is 6.92 Å². The third-order valence-corrected chi connectivity index (χ3v) is 4.27. The average molecular weight is 313 g/mol. The van der Waals surface area contributed by atoms with Gasteiger partial charge in [-0.05, 0) is 31.0 Å². The number of benzene rings is 1. The largest absolute Gasteiger partial charge is 0.463 e. The van der Waals surface area contributed by atoms with Crippen molar-refractivity contribution in [2.45, 2.75) is 18.6 Å². The highest BCUT2D eigenvalue weighted by Crippen LogP contribution is 2.23. The van der Waals surface area contributed by atoms with Crippen molar-refractivity contribution in [3.05, 3.63) is 59.5 Å². The van der Waals surface area contributed by atoms with Gasteiger partial charge in [0.05, 0.1) is 17.7 Å². The van der Waals surface area contributed by atoms with Gasteiger partial charge < -0.3 is 9.73 Å². The van der Waals surface area contributed by atoms with E-state index in [0.29, 0.717) is 17.3 Å². The molecule has 0 bridgehead atoms. The van der Waals surface area contributed by atoms with Crippen LogP contribution in [0.4, 0.5) is 0 Å². The molecule has 0 spiro atoms. The Kier molecular flexibility index (Phi) is 4.39. The van der Waals surface area contributed by atoms with Crippen molar-refractivity contribution in [3.8, 4) is 0 Å². The van der Waals surface area contributed by atoms with Crippen LogP contribution in [0.15, 0.2) is 57.3 Å². The van der Waals surface area contributed by atoms with E-state index in [0.717, 1.165) is 5.56 Å². The Morgan fingerprint density at radius 2 is 2.14 bits per heavy atom. The van der Waals surface area contributed by atoms with Crippen LogP contribution in [0.1, 0.15) is 16.9 Å². The Morgan fingerprint density at radius 3 is 2.86 bits per heavy atom. The molecule has 1 atom stereocenters. The molecule has 2 aromatic rings. The van der Waals surface area contributed by atoms with Crippen LogP contribution in [0.5, 0.6) is 0 Å². The first-order valence-corrected chi connectivity index (χ1v) is 7.76. The average Bonchev–Trinajstić information content (AvgIpc) is 3.12. The maximum atomic E-state index is 12.0. The van der Waals surface area contributed by atoms with E-state index in [4.69, 9.17) is 4.42 Å². The first-order valence-electron chi connectivity index (χ1n) is 6.88. The van der Waals surface area contributed by atoms with E-state index in [9.17, 15) is 4.79 Å². The van der Waals surface area contributed by atoms with Gasteiger partial charge in [0.15, 0.2) is 5.17 Å². The van der Waals surface area contributed by atoms with Crippen LogP contribution in [-0.4, -0.2) is 22.5 Å². The van der Waals surface area contributed by atoms with Gasteiger partial charge >= 0.3 is 0 Å². The van der Waals surface area contributed by atoms with Gasteiger partial charge in [-0.25, -0.2) is 0 Å². The highest BCUT2D eigenvalue weighted by molar-refractivity contribution is 8.15. The topological polar surface area (TPSA) is 67.0 Å². The number of nitrogens with zero attached hydrogens (tertiary/aromatic N) is 2. The molecule has 1 aromatic heterocycles. The summed E-state index contributed by atoms with van der Waals surface area (Å²) in [5.41, 5.74) is 2.35. The standard InChI is InChI=1S/C16H15N3O2S/c1-11-4-6-12(7-5-11)9-14-15(20)18-16(22-14)19-17-10-13-3-2-8-21-13/h2-8,10,14H,9H2,1H3,(H,18,19,20)/t14-/m1/s1. The summed E-state index contributed by atoms with van der Waals surface area (Å²) < 4.78 is 5.12. The van der Waals surface area contributed by atoms with Crippen molar-refractivity contribution >= 4 is 29.1 Å². The molecule has 1 saturated heterocycles. The normalized spacial score (nSPS) is 20.0. The van der Waals surface area contributed by atoms with Crippen LogP contribution < -0.4 is 5.32 Å². The van der Waals surface area contributed by atoms with Crippen LogP contribution in [0.3, 0.4) is 0 Å². The minimum absolute atomic E-state index is 0.0301. The summed E-state index contributed by atoms with van der Waals surface area (Å²) in [7, 11) is 0. The predicted octanol–water partition coefficient (Wildman–Crippen LogP) is 2.75. The Bertz CT molecular complexity index is 706. The number of amidine groups is 1. The lowest BCUT2D eigenvalue weighted by Gasteiger charge is -2.05. The van der Waals surface area contributed by atoms with Crippen LogP contribution >= 0.6 is 11.8 Å². The molecule has 1 fully saturated rings. The lowest BCUT2D eigenvalue weighted by molar-refractivity contribution is -0.118. The van der Waals surface area contributed by atoms with Crippen LogP contribution in [0.2, 0.25) is 0 Å². The summed E-state index contributed by atoms with van der Waals surface area (Å²) in [6.45, 7) is 2.04. The summed E-state index contributed by atoms with van der Waals surface area (Å²) in [5, 5.41) is 11.0. The maximum absolute atomic E-state index is 12.0. The molecule has 1 N–H and O–H groups in total. The summed E-state index contributed by atoms with van der Waals surface area (Å²) in [4.78, 5) is 12.0. The molecule has 1 amide bonds. The molecule has 0 unspecified atom stereocenters. The highest BCUT2D eigenvalue weighted by Gasteiger charge is 2.30. The molecule has 3 rings (SSSR count). The fourth-order valence-electron chi connectivity index (χ4n) is 2.03. The number of hydrogen-bond acceptors (Lipinski definition) is 5. The van der Waals surface area contributed by atoms with E-state index in [-0.39, 0.29) is 11.2 Å². The van der Waals surface area contributed by atoms with E-state index in [1.54, 1.807) is 18.4 Å². The summed E-state index contributed by atoms with van der Waals surface area (Å²) in [5.74, 6) is 0.590. The SMILES string of the molecule is Cc1ccc(C[C@H]2S/C(=N/N=Cc3ccco3)NC2=O)cc1. The molecule has 2 heterocycles. The number of hydrogen-bond donors (Lipinski definition) is 1. The maximum Gasteiger partial charge on any atom is 0.239 e. The third-order valence-electron chi connectivity index (χ3n) is 3.19. The highest BCUT2D eigenvalue weighted by atomic mass is 32.2. The molecule has 0 radical (unpaired) electrons. The number of amides is 1. The number of nitrogens with one attached hydrogen (secondary N) is 1. The first-order chi connectivity index (χ1) is 10.7. The summed E-state index contributed by atoms with van der Waals surface area (Å²) >= 11 is 1.40. The molecule has 0 aliphatic carbocycles. The number of rotatable bonds is 4. The number of thioether (sulfide) groups is 1. The fraction of sp³-hybridized carbons (Fsp3) is 0.188. The molecular formula is C16H15N3O2S. The van der Waals surface area contributed by atoms with Gasteiger partial charge in [0.2, 0.25) is 5.91 Å². The zero-order valence-electron chi connectivity index (χ0n) is 12.0. The van der Waals surface area contributed by atoms with E-state index >= 15 is 0 Å². The van der Waals surface area contributed by atoms with E-state index < -0.39 is 0 Å². The monoisotopic (exact) mass is 313 g/mol. The van der Waals surface area contributed by atoms with Gasteiger partial charge in [-0.3, -0.25) is 4.79 Å². The van der Waals surface area contributed by atoms with Crippen molar-refractivity contribution in [2.24, 2.45) is 10.2 Å². The Labute approximate surface area is 132 Å². The van der Waals surface area contributed by atoms with Gasteiger partial charge in [0, 0.05) is 0 Å². The zero-order valence-corrected chi connectivity index (χ0v) is 12.8. The van der Waals surface area contributed by atoms with Crippen molar-refractivity contribution in [1.82, 2.24) is 5.32 Å². The quantitative estimate of drug-likeness (QED) is 0.697. The molecule has 1 aromatic carbocycles. The molecule has 5 nitrogen and oxygen atoms in total. The molecule has 6 heteroatoms. The Morgan fingerprint density at radius 1 is 1.32 bits per heavy atom. The predicted molar refractivity (Wildman–Crippen MR) is 88.1 cm³/mol. The van der Waals surface area contributed by atoms with Gasteiger partial charge in [0.25, 0.3) is 0 Å². The minimum Gasteiger partial charge on any atom is -0.463 e. The minimum atomic E-state index is -0.166. The summed E-state index contributed by atoms with van der Waals surface area (Å²) in [6, 6.07) is 11.8. The Hall–Kier alpha value is -2.34. The fourth-order valence-corrected chi connectivity index (χ4v) is 2.99. The first kappa shape index (κ1) is 14.6. The second-order valence-corrected chi connectivity index (χ2v) is 6.14. The van der Waals surface area contributed by atoms with Crippen molar-refractivity contribution in [1.29, 1.82) is 0 Å². The smallest absolute Gasteiger partial charge is 0.239 e. The number of carbonyl (C=O) groups excluding carboxylic acids is 1. The van der Waals surface area contributed by atoms with Gasteiger partial charge in [-0.15, -0.1) is 5.10 Å². The lowest BCUT2D eigenvalue weighted by atomic mass is 10.1. The molecule has 0 saturated carbocycles. The zero-order chi connectivity index (χ0) is 15.4. The van der Waals surface area contributed by atoms with Crippen molar-refractivity contribution in [3.63, 3.8) is 0 Å². The van der Waals surface area contributed by atoms with E-state index in [1.807, 2.05) is 19.1 Å². The molecule has 22 heavy (non-hydrogen) atoms. The number of carbonyl (C=O) groups is 1. The van der Waals surface area contributed by atoms with Crippen molar-refractivity contribution < 1.29 is 9.21 Å². The second kappa shape index (κ2) is 6.62. The number of furan rings is 1. The van der Waals surface area contributed by atoms with Crippen molar-refractivity contribution in [2.75, 3.05) is 0 Å². The third kappa shape index (κ3) is 3.65. The van der Waals surface area contributed by atoms with Crippen LogP contribution in [-0.2, 0) is 11.2 Å². The van der Waals surface area contributed by atoms with E-state index in [2.05, 4.69) is 27.7 Å². The Balaban J connectivity index is 1.61. The molecular weight excluding hydrogens is 298 g/mol. The van der Waals surface area contributed by atoms with E-state index in [1.165, 1.54) is 23.5 Å². The second-order valence-electron chi connectivity index (χ2n) is 4.95. The van der Waals surface area contributed by atoms with Gasteiger partial charge in [0.1, 0.15) is 5.76 Å². The van der Waals surface area contributed by atoms with Gasteiger partial charge in [-0.2, -0.15) is 5.10 Å². The molecule has 112 valence electrons.